The van der Waals surface area contributed by atoms with Gasteiger partial charge in [0.2, 0.25) is 10.9 Å². The number of phenols is 1. The van der Waals surface area contributed by atoms with E-state index in [0.717, 1.165) is 11.3 Å². The van der Waals surface area contributed by atoms with Crippen LogP contribution in [0.5, 0.6) is 11.5 Å². The number of hydrogen-bond acceptors (Lipinski definition) is 9. The number of aliphatic hydroxyl groups is 1. The summed E-state index contributed by atoms with van der Waals surface area (Å²) in [5.74, 6) is -2.23. The van der Waals surface area contributed by atoms with Crippen LogP contribution >= 0.6 is 27.3 Å². The monoisotopic (exact) mass is 541 g/mol. The number of rotatable bonds is 5. The number of carbonyl (C=O) groups is 2. The van der Waals surface area contributed by atoms with Gasteiger partial charge in [-0.1, -0.05) is 29.5 Å². The van der Waals surface area contributed by atoms with Gasteiger partial charge in [0.15, 0.2) is 23.0 Å². The molecule has 1 aliphatic rings. The maximum Gasteiger partial charge on any atom is 0.296 e. The van der Waals surface area contributed by atoms with E-state index in [-0.39, 0.29) is 32.4 Å². The molecule has 4 aromatic rings. The first-order valence-corrected chi connectivity index (χ1v) is 11.6. The number of aryl methyl sites for hydroxylation is 1. The molecular weight excluding hydrogens is 526 g/mol. The molecule has 0 radical (unpaired) electrons. The Balaban J connectivity index is 1.70. The lowest BCUT2D eigenvalue weighted by Gasteiger charge is -2.24. The van der Waals surface area contributed by atoms with Gasteiger partial charge in [-0.25, -0.2) is 0 Å². The number of carbonyl (C=O) groups excluding carboxylic acids is 2. The molecular formula is C23H16BrN3O6S. The molecule has 1 aliphatic heterocycles. The van der Waals surface area contributed by atoms with Gasteiger partial charge in [0.25, 0.3) is 5.91 Å². The number of methoxy groups -OCH3 is 1. The number of anilines is 1. The summed E-state index contributed by atoms with van der Waals surface area (Å²) in [7, 11) is 1.38. The van der Waals surface area contributed by atoms with Gasteiger partial charge in [-0.2, -0.15) is 0 Å². The van der Waals surface area contributed by atoms with Crippen molar-refractivity contribution in [3.05, 3.63) is 74.6 Å². The Hall–Kier alpha value is -3.70. The molecule has 9 nitrogen and oxygen atoms in total. The fourth-order valence-electron chi connectivity index (χ4n) is 3.87. The van der Waals surface area contributed by atoms with Crippen LogP contribution in [0.2, 0.25) is 0 Å². The number of ketones is 1. The van der Waals surface area contributed by atoms with Crippen molar-refractivity contribution in [3.63, 3.8) is 0 Å². The lowest BCUT2D eigenvalue weighted by molar-refractivity contribution is -0.117. The fourth-order valence-corrected chi connectivity index (χ4v) is 5.04. The minimum absolute atomic E-state index is 0.0272. The van der Waals surface area contributed by atoms with Crippen LogP contribution < -0.4 is 9.64 Å². The minimum Gasteiger partial charge on any atom is -0.503 e. The Kier molecular flexibility index (Phi) is 5.37. The quantitative estimate of drug-likeness (QED) is 0.343. The number of Topliss-reactive ketones (excluding diaryl/α,β-unsaturated/α-hetero) is 1. The molecule has 2 aromatic carbocycles. The number of hydrogen-bond donors (Lipinski definition) is 2. The third kappa shape index (κ3) is 3.44. The van der Waals surface area contributed by atoms with Crippen molar-refractivity contribution in [1.29, 1.82) is 0 Å². The number of furan rings is 1. The molecule has 0 fully saturated rings. The van der Waals surface area contributed by atoms with Crippen LogP contribution in [0.1, 0.15) is 27.2 Å². The van der Waals surface area contributed by atoms with E-state index in [9.17, 15) is 19.8 Å². The van der Waals surface area contributed by atoms with E-state index < -0.39 is 23.5 Å². The topological polar surface area (TPSA) is 126 Å². The second-order valence-electron chi connectivity index (χ2n) is 7.47. The standard InChI is InChI=1S/C23H16BrN3O6S/c1-10-25-26-23(34-10)27-18(12-7-13(24)19(28)15(9-12)32-2)17(21(30)22(27)31)20(29)16-8-11-5-3-4-6-14(11)33-16/h3-9,18,28,30H,1-2H3/t18-/m1/s1. The van der Waals surface area contributed by atoms with Gasteiger partial charge in [-0.3, -0.25) is 14.5 Å². The number of para-hydroxylation sites is 1. The zero-order valence-corrected chi connectivity index (χ0v) is 20.2. The minimum atomic E-state index is -1.08. The molecule has 11 heteroatoms. The predicted octanol–water partition coefficient (Wildman–Crippen LogP) is 4.85. The van der Waals surface area contributed by atoms with E-state index in [0.29, 0.717) is 21.5 Å². The summed E-state index contributed by atoms with van der Waals surface area (Å²) in [5, 5.41) is 30.7. The number of benzene rings is 2. The lowest BCUT2D eigenvalue weighted by Crippen LogP contribution is -2.31. The first kappa shape index (κ1) is 22.1. The molecule has 1 amide bonds. The fraction of sp³-hybridized carbons (Fsp3) is 0.130. The van der Waals surface area contributed by atoms with Crippen LogP contribution in [0.3, 0.4) is 0 Å². The van der Waals surface area contributed by atoms with Crippen molar-refractivity contribution < 1.29 is 29.0 Å². The van der Waals surface area contributed by atoms with Gasteiger partial charge in [-0.15, -0.1) is 10.2 Å². The summed E-state index contributed by atoms with van der Waals surface area (Å²) in [6, 6.07) is 10.6. The number of aromatic hydroxyl groups is 1. The number of nitrogens with zero attached hydrogens (tertiary/aromatic N) is 3. The van der Waals surface area contributed by atoms with E-state index in [4.69, 9.17) is 9.15 Å². The van der Waals surface area contributed by atoms with Gasteiger partial charge in [0, 0.05) is 5.39 Å². The molecule has 5 rings (SSSR count). The summed E-state index contributed by atoms with van der Waals surface area (Å²) in [4.78, 5) is 28.0. The van der Waals surface area contributed by atoms with Crippen molar-refractivity contribution in [2.24, 2.45) is 0 Å². The average Bonchev–Trinajstić information content (AvgIpc) is 3.51. The summed E-state index contributed by atoms with van der Waals surface area (Å²) in [6.07, 6.45) is 0. The van der Waals surface area contributed by atoms with Gasteiger partial charge in [0.1, 0.15) is 10.6 Å². The summed E-state index contributed by atoms with van der Waals surface area (Å²) >= 11 is 4.42. The highest BCUT2D eigenvalue weighted by atomic mass is 79.9. The van der Waals surface area contributed by atoms with Crippen LogP contribution in [0.15, 0.2) is 62.7 Å². The zero-order chi connectivity index (χ0) is 24.1. The van der Waals surface area contributed by atoms with Gasteiger partial charge >= 0.3 is 0 Å². The van der Waals surface area contributed by atoms with Gasteiger partial charge in [0.05, 0.1) is 23.2 Å². The van der Waals surface area contributed by atoms with E-state index in [1.54, 1.807) is 37.3 Å². The Morgan fingerprint density at radius 2 is 1.97 bits per heavy atom. The molecule has 1 atom stereocenters. The molecule has 0 spiro atoms. The first-order valence-electron chi connectivity index (χ1n) is 9.96. The Morgan fingerprint density at radius 3 is 2.65 bits per heavy atom. The molecule has 34 heavy (non-hydrogen) atoms. The van der Waals surface area contributed by atoms with Crippen molar-refractivity contribution in [2.45, 2.75) is 13.0 Å². The summed E-state index contributed by atoms with van der Waals surface area (Å²) in [5.41, 5.74) is 0.709. The highest BCUT2D eigenvalue weighted by Crippen LogP contribution is 2.46. The number of ether oxygens (including phenoxy) is 1. The maximum atomic E-state index is 13.6. The average molecular weight is 542 g/mol. The van der Waals surface area contributed by atoms with Crippen LogP contribution in [0.4, 0.5) is 5.13 Å². The molecule has 2 N–H and O–H groups in total. The number of aliphatic hydroxyl groups excluding tert-OH is 1. The number of amides is 1. The zero-order valence-electron chi connectivity index (χ0n) is 17.8. The number of phenolic OH excluding ortho intramolecular Hbond substituents is 1. The van der Waals surface area contributed by atoms with Crippen LogP contribution in [-0.4, -0.2) is 39.2 Å². The van der Waals surface area contributed by atoms with Crippen molar-refractivity contribution in [1.82, 2.24) is 10.2 Å². The van der Waals surface area contributed by atoms with E-state index in [2.05, 4.69) is 26.1 Å². The van der Waals surface area contributed by atoms with Gasteiger partial charge in [-0.05, 0) is 52.7 Å². The Bertz CT molecular complexity index is 1470. The molecule has 0 saturated heterocycles. The smallest absolute Gasteiger partial charge is 0.296 e. The summed E-state index contributed by atoms with van der Waals surface area (Å²) in [6.45, 7) is 1.73. The van der Waals surface area contributed by atoms with Crippen LogP contribution in [0.25, 0.3) is 11.0 Å². The maximum absolute atomic E-state index is 13.6. The van der Waals surface area contributed by atoms with E-state index >= 15 is 0 Å². The van der Waals surface area contributed by atoms with Crippen molar-refractivity contribution in [2.75, 3.05) is 12.0 Å². The van der Waals surface area contributed by atoms with Crippen molar-refractivity contribution in [3.8, 4) is 11.5 Å². The Morgan fingerprint density at radius 1 is 1.21 bits per heavy atom. The highest BCUT2D eigenvalue weighted by molar-refractivity contribution is 9.10. The molecule has 0 unspecified atom stereocenters. The normalized spacial score (nSPS) is 16.0. The second kappa shape index (κ2) is 8.26. The van der Waals surface area contributed by atoms with Crippen molar-refractivity contribution >= 4 is 55.1 Å². The predicted molar refractivity (Wildman–Crippen MR) is 127 cm³/mol. The summed E-state index contributed by atoms with van der Waals surface area (Å²) < 4.78 is 11.3. The molecule has 3 heterocycles. The molecule has 172 valence electrons. The molecule has 0 aliphatic carbocycles. The molecule has 2 aromatic heterocycles. The first-order chi connectivity index (χ1) is 16.3. The largest absolute Gasteiger partial charge is 0.503 e. The Labute approximate surface area is 205 Å². The van der Waals surface area contributed by atoms with Gasteiger partial charge < -0.3 is 19.4 Å². The number of aromatic nitrogens is 2. The SMILES string of the molecule is COc1cc([C@@H]2C(C(=O)c3cc4ccccc4o3)=C(O)C(=O)N2c2nnc(C)s2)cc(Br)c1O. The number of fused-ring (bicyclic) bond motifs is 1. The third-order valence-electron chi connectivity index (χ3n) is 5.41. The van der Waals surface area contributed by atoms with Crippen LogP contribution in [0, 0.1) is 6.92 Å². The van der Waals surface area contributed by atoms with E-state index in [1.165, 1.54) is 18.1 Å². The van der Waals surface area contributed by atoms with E-state index in [1.807, 2.05) is 6.07 Å². The third-order valence-corrected chi connectivity index (χ3v) is 6.85. The molecule has 0 bridgehead atoms. The van der Waals surface area contributed by atoms with Crippen LogP contribution in [-0.2, 0) is 4.79 Å². The highest BCUT2D eigenvalue weighted by Gasteiger charge is 2.47. The lowest BCUT2D eigenvalue weighted by atomic mass is 9.95. The molecule has 0 saturated carbocycles. The second-order valence-corrected chi connectivity index (χ2v) is 9.49. The number of halogens is 1.